The van der Waals surface area contributed by atoms with E-state index in [9.17, 15) is 5.11 Å². The molecule has 1 aromatic heterocycles. The third kappa shape index (κ3) is 1.63. The van der Waals surface area contributed by atoms with Crippen molar-refractivity contribution < 1.29 is 5.11 Å². The van der Waals surface area contributed by atoms with Crippen LogP contribution in [0.4, 0.5) is 0 Å². The van der Waals surface area contributed by atoms with E-state index < -0.39 is 6.10 Å². The number of thioether (sulfide) groups is 1. The summed E-state index contributed by atoms with van der Waals surface area (Å²) >= 11 is 1.54. The van der Waals surface area contributed by atoms with Crippen LogP contribution < -0.4 is 5.73 Å². The first-order chi connectivity index (χ1) is 5.70. The maximum absolute atomic E-state index is 9.42. The lowest BCUT2D eigenvalue weighted by Gasteiger charge is -2.08. The predicted octanol–water partition coefficient (Wildman–Crippen LogP) is 0.134. The molecule has 3 N–H and O–H groups in total. The van der Waals surface area contributed by atoms with Crippen LogP contribution in [0.5, 0.6) is 0 Å². The van der Waals surface area contributed by atoms with Gasteiger partial charge in [-0.25, -0.2) is 4.98 Å². The number of imidazole rings is 1. The molecule has 0 saturated carbocycles. The normalized spacial score (nSPS) is 13.3. The molecule has 0 aliphatic carbocycles. The van der Waals surface area contributed by atoms with E-state index in [2.05, 4.69) is 4.98 Å². The van der Waals surface area contributed by atoms with Gasteiger partial charge in [0.1, 0.15) is 6.10 Å². The molecule has 0 aromatic carbocycles. The lowest BCUT2D eigenvalue weighted by molar-refractivity contribution is 0.177. The van der Waals surface area contributed by atoms with Crippen molar-refractivity contribution in [3.63, 3.8) is 0 Å². The minimum absolute atomic E-state index is 0.230. The Morgan fingerprint density at radius 3 is 2.92 bits per heavy atom. The largest absolute Gasteiger partial charge is 0.385 e. The highest BCUT2D eigenvalue weighted by atomic mass is 32.2. The molecule has 1 atom stereocenters. The highest BCUT2D eigenvalue weighted by Crippen LogP contribution is 2.18. The predicted molar refractivity (Wildman–Crippen MR) is 49.0 cm³/mol. The number of nitrogens with two attached hydrogens (primary N) is 1. The number of aliphatic hydroxyl groups excluding tert-OH is 1. The second kappa shape index (κ2) is 3.93. The molecule has 0 aliphatic rings. The van der Waals surface area contributed by atoms with Crippen molar-refractivity contribution >= 4 is 11.8 Å². The second-order valence-corrected chi connectivity index (χ2v) is 3.25. The first-order valence-electron chi connectivity index (χ1n) is 3.64. The Labute approximate surface area is 75.8 Å². The van der Waals surface area contributed by atoms with Gasteiger partial charge in [-0.15, -0.1) is 0 Å². The summed E-state index contributed by atoms with van der Waals surface area (Å²) in [4.78, 5) is 4.11. The number of aliphatic hydroxyl groups is 1. The molecule has 1 unspecified atom stereocenters. The first-order valence-corrected chi connectivity index (χ1v) is 4.87. The van der Waals surface area contributed by atoms with Gasteiger partial charge in [-0.3, -0.25) is 0 Å². The molecule has 1 heterocycles. The molecule has 0 radical (unpaired) electrons. The van der Waals surface area contributed by atoms with Crippen LogP contribution in [0.3, 0.4) is 0 Å². The van der Waals surface area contributed by atoms with Crippen LogP contribution in [0.1, 0.15) is 11.8 Å². The Hall–Kier alpha value is -0.520. The summed E-state index contributed by atoms with van der Waals surface area (Å²) in [6.07, 6.45) is 2.99. The average molecular weight is 187 g/mol. The molecule has 0 amide bonds. The van der Waals surface area contributed by atoms with Crippen molar-refractivity contribution in [2.45, 2.75) is 11.3 Å². The third-order valence-corrected chi connectivity index (χ3v) is 2.47. The molecular weight excluding hydrogens is 174 g/mol. The van der Waals surface area contributed by atoms with Gasteiger partial charge in [0.25, 0.3) is 0 Å². The highest BCUT2D eigenvalue weighted by molar-refractivity contribution is 7.98. The number of hydrogen-bond acceptors (Lipinski definition) is 4. The van der Waals surface area contributed by atoms with Gasteiger partial charge in [-0.05, 0) is 6.26 Å². The van der Waals surface area contributed by atoms with E-state index >= 15 is 0 Å². The van der Waals surface area contributed by atoms with Gasteiger partial charge in [-0.1, -0.05) is 11.8 Å². The molecular formula is C7H13N3OS. The molecule has 0 spiro atoms. The zero-order valence-corrected chi connectivity index (χ0v) is 8.01. The van der Waals surface area contributed by atoms with E-state index in [1.165, 1.54) is 0 Å². The van der Waals surface area contributed by atoms with Gasteiger partial charge in [0.05, 0.1) is 11.9 Å². The lowest BCUT2D eigenvalue weighted by Crippen LogP contribution is -2.14. The average Bonchev–Trinajstić information content (AvgIpc) is 2.45. The molecule has 5 heteroatoms. The standard InChI is InChI=1S/C7H13N3OS/c1-10-5(6(11)3-8)4-9-7(10)12-2/h4,6,11H,3,8H2,1-2H3. The van der Waals surface area contributed by atoms with Crippen LogP contribution in [0.15, 0.2) is 11.4 Å². The smallest absolute Gasteiger partial charge is 0.167 e. The third-order valence-electron chi connectivity index (χ3n) is 1.73. The molecule has 0 saturated heterocycles. The van der Waals surface area contributed by atoms with Gasteiger partial charge in [0, 0.05) is 13.6 Å². The summed E-state index contributed by atoms with van der Waals surface area (Å²) in [5.41, 5.74) is 6.09. The van der Waals surface area contributed by atoms with E-state index in [0.29, 0.717) is 0 Å². The summed E-state index contributed by atoms with van der Waals surface area (Å²) < 4.78 is 1.85. The van der Waals surface area contributed by atoms with Crippen LogP contribution in [0.25, 0.3) is 0 Å². The molecule has 68 valence electrons. The maximum atomic E-state index is 9.42. The summed E-state index contributed by atoms with van der Waals surface area (Å²) in [6.45, 7) is 0.230. The summed E-state index contributed by atoms with van der Waals surface area (Å²) in [7, 11) is 1.87. The molecule has 4 nitrogen and oxygen atoms in total. The van der Waals surface area contributed by atoms with E-state index in [-0.39, 0.29) is 6.54 Å². The Bertz CT molecular complexity index is 261. The quantitative estimate of drug-likeness (QED) is 0.660. The van der Waals surface area contributed by atoms with Crippen LogP contribution >= 0.6 is 11.8 Å². The zero-order valence-electron chi connectivity index (χ0n) is 7.19. The van der Waals surface area contributed by atoms with Gasteiger partial charge < -0.3 is 15.4 Å². The fraction of sp³-hybridized carbons (Fsp3) is 0.571. The van der Waals surface area contributed by atoms with E-state index in [0.717, 1.165) is 10.9 Å². The first kappa shape index (κ1) is 9.57. The second-order valence-electron chi connectivity index (χ2n) is 2.48. The van der Waals surface area contributed by atoms with Crippen molar-refractivity contribution in [1.29, 1.82) is 0 Å². The number of hydrogen-bond donors (Lipinski definition) is 2. The molecule has 1 rings (SSSR count). The minimum atomic E-state index is -0.608. The number of rotatable bonds is 3. The lowest BCUT2D eigenvalue weighted by atomic mass is 10.3. The van der Waals surface area contributed by atoms with E-state index in [1.807, 2.05) is 17.9 Å². The van der Waals surface area contributed by atoms with Crippen molar-refractivity contribution in [3.05, 3.63) is 11.9 Å². The van der Waals surface area contributed by atoms with Crippen molar-refractivity contribution in [1.82, 2.24) is 9.55 Å². The van der Waals surface area contributed by atoms with Crippen LogP contribution in [-0.2, 0) is 7.05 Å². The van der Waals surface area contributed by atoms with Crippen molar-refractivity contribution in [2.24, 2.45) is 12.8 Å². The fourth-order valence-corrected chi connectivity index (χ4v) is 1.56. The highest BCUT2D eigenvalue weighted by Gasteiger charge is 2.11. The Balaban J connectivity index is 2.93. The number of nitrogens with zero attached hydrogens (tertiary/aromatic N) is 2. The van der Waals surface area contributed by atoms with E-state index in [4.69, 9.17) is 5.73 Å². The SMILES string of the molecule is CSc1ncc(C(O)CN)n1C. The summed E-state index contributed by atoms with van der Waals surface area (Å²) in [5, 5.41) is 10.3. The minimum Gasteiger partial charge on any atom is -0.385 e. The molecule has 0 aliphatic heterocycles. The fourth-order valence-electron chi connectivity index (χ4n) is 1.02. The van der Waals surface area contributed by atoms with Crippen molar-refractivity contribution in [3.8, 4) is 0 Å². The van der Waals surface area contributed by atoms with Crippen LogP contribution in [0, 0.1) is 0 Å². The Morgan fingerprint density at radius 1 is 1.83 bits per heavy atom. The van der Waals surface area contributed by atoms with Crippen LogP contribution in [-0.4, -0.2) is 27.5 Å². The molecule has 0 bridgehead atoms. The Morgan fingerprint density at radius 2 is 2.50 bits per heavy atom. The summed E-state index contributed by atoms with van der Waals surface area (Å²) in [6, 6.07) is 0. The topological polar surface area (TPSA) is 64.1 Å². The maximum Gasteiger partial charge on any atom is 0.167 e. The van der Waals surface area contributed by atoms with Gasteiger partial charge in [0.15, 0.2) is 5.16 Å². The monoisotopic (exact) mass is 187 g/mol. The number of aromatic nitrogens is 2. The zero-order chi connectivity index (χ0) is 9.14. The van der Waals surface area contributed by atoms with Gasteiger partial charge >= 0.3 is 0 Å². The van der Waals surface area contributed by atoms with Gasteiger partial charge in [-0.2, -0.15) is 0 Å². The van der Waals surface area contributed by atoms with Crippen molar-refractivity contribution in [2.75, 3.05) is 12.8 Å². The summed E-state index contributed by atoms with van der Waals surface area (Å²) in [5.74, 6) is 0. The van der Waals surface area contributed by atoms with Crippen LogP contribution in [0.2, 0.25) is 0 Å². The van der Waals surface area contributed by atoms with E-state index in [1.54, 1.807) is 18.0 Å². The van der Waals surface area contributed by atoms with Gasteiger partial charge in [0.2, 0.25) is 0 Å². The molecule has 12 heavy (non-hydrogen) atoms. The molecule has 0 fully saturated rings. The molecule has 1 aromatic rings. The Kier molecular flexibility index (Phi) is 3.13.